The SMILES string of the molecule is CC(C)N1CCN(c2ccc(C(=O)NCc3cccc(N(C)C)c3)cc2)CC1. The Labute approximate surface area is 168 Å². The van der Waals surface area contributed by atoms with Crippen LogP contribution in [0.1, 0.15) is 29.8 Å². The van der Waals surface area contributed by atoms with Crippen LogP contribution in [0.5, 0.6) is 0 Å². The Hall–Kier alpha value is -2.53. The molecule has 0 atom stereocenters. The topological polar surface area (TPSA) is 38.8 Å². The second-order valence-corrected chi connectivity index (χ2v) is 7.91. The van der Waals surface area contributed by atoms with Crippen molar-refractivity contribution in [3.63, 3.8) is 0 Å². The standard InChI is InChI=1S/C23H32N4O/c1-18(2)26-12-14-27(15-13-26)21-10-8-20(9-11-21)23(28)24-17-19-6-5-7-22(16-19)25(3)4/h5-11,16,18H,12-15,17H2,1-4H3,(H,24,28). The quantitative estimate of drug-likeness (QED) is 0.835. The molecule has 3 rings (SSSR count). The Morgan fingerprint density at radius 3 is 2.32 bits per heavy atom. The molecule has 150 valence electrons. The molecule has 1 aliphatic heterocycles. The summed E-state index contributed by atoms with van der Waals surface area (Å²) < 4.78 is 0. The Bertz CT molecular complexity index is 777. The minimum absolute atomic E-state index is 0.0357. The fraction of sp³-hybridized carbons (Fsp3) is 0.435. The van der Waals surface area contributed by atoms with E-state index in [4.69, 9.17) is 0 Å². The number of benzene rings is 2. The molecule has 0 saturated carbocycles. The maximum absolute atomic E-state index is 12.5. The average molecular weight is 381 g/mol. The van der Waals surface area contributed by atoms with Gasteiger partial charge in [0.05, 0.1) is 0 Å². The first-order valence-corrected chi connectivity index (χ1v) is 10.1. The van der Waals surface area contributed by atoms with Gasteiger partial charge in [0.25, 0.3) is 5.91 Å². The molecule has 1 N–H and O–H groups in total. The number of piperazine rings is 1. The van der Waals surface area contributed by atoms with Gasteiger partial charge in [-0.1, -0.05) is 12.1 Å². The van der Waals surface area contributed by atoms with Crippen molar-refractivity contribution in [1.82, 2.24) is 10.2 Å². The Balaban J connectivity index is 1.55. The van der Waals surface area contributed by atoms with Gasteiger partial charge in [-0.15, -0.1) is 0 Å². The fourth-order valence-electron chi connectivity index (χ4n) is 3.55. The number of amides is 1. The van der Waals surface area contributed by atoms with Crippen LogP contribution in [0.25, 0.3) is 0 Å². The molecule has 1 aliphatic rings. The van der Waals surface area contributed by atoms with Gasteiger partial charge in [0.15, 0.2) is 0 Å². The van der Waals surface area contributed by atoms with Crippen LogP contribution in [-0.4, -0.2) is 57.1 Å². The van der Waals surface area contributed by atoms with Gasteiger partial charge < -0.3 is 15.1 Å². The highest BCUT2D eigenvalue weighted by molar-refractivity contribution is 5.94. The molecule has 1 amide bonds. The second kappa shape index (κ2) is 9.11. The average Bonchev–Trinajstić information content (AvgIpc) is 2.72. The zero-order valence-corrected chi connectivity index (χ0v) is 17.5. The predicted molar refractivity (Wildman–Crippen MR) is 117 cm³/mol. The van der Waals surface area contributed by atoms with E-state index in [1.165, 1.54) is 5.69 Å². The van der Waals surface area contributed by atoms with Gasteiger partial charge in [-0.3, -0.25) is 9.69 Å². The third-order valence-corrected chi connectivity index (χ3v) is 5.42. The van der Waals surface area contributed by atoms with Gasteiger partial charge in [-0.2, -0.15) is 0 Å². The number of nitrogens with one attached hydrogen (secondary N) is 1. The zero-order chi connectivity index (χ0) is 20.1. The van der Waals surface area contributed by atoms with E-state index in [2.05, 4.69) is 58.1 Å². The van der Waals surface area contributed by atoms with Crippen molar-refractivity contribution in [2.75, 3.05) is 50.1 Å². The summed E-state index contributed by atoms with van der Waals surface area (Å²) in [5, 5.41) is 3.02. The summed E-state index contributed by atoms with van der Waals surface area (Å²) in [7, 11) is 4.03. The Kier molecular flexibility index (Phi) is 6.57. The smallest absolute Gasteiger partial charge is 0.251 e. The van der Waals surface area contributed by atoms with Crippen molar-refractivity contribution >= 4 is 17.3 Å². The maximum atomic E-state index is 12.5. The number of rotatable bonds is 6. The van der Waals surface area contributed by atoms with Crippen molar-refractivity contribution < 1.29 is 4.79 Å². The van der Waals surface area contributed by atoms with Crippen LogP contribution in [-0.2, 0) is 6.54 Å². The lowest BCUT2D eigenvalue weighted by atomic mass is 10.1. The molecule has 2 aromatic rings. The zero-order valence-electron chi connectivity index (χ0n) is 17.5. The highest BCUT2D eigenvalue weighted by atomic mass is 16.1. The van der Waals surface area contributed by atoms with E-state index in [0.717, 1.165) is 37.4 Å². The van der Waals surface area contributed by atoms with E-state index in [9.17, 15) is 4.79 Å². The molecule has 1 fully saturated rings. The van der Waals surface area contributed by atoms with E-state index in [1.807, 2.05) is 38.4 Å². The molecule has 1 heterocycles. The molecule has 0 aliphatic carbocycles. The minimum atomic E-state index is -0.0357. The molecule has 28 heavy (non-hydrogen) atoms. The number of carbonyl (C=O) groups excluding carboxylic acids is 1. The number of anilines is 2. The second-order valence-electron chi connectivity index (χ2n) is 7.91. The molecule has 5 heteroatoms. The molecular formula is C23H32N4O. The minimum Gasteiger partial charge on any atom is -0.378 e. The highest BCUT2D eigenvalue weighted by Gasteiger charge is 2.19. The number of carbonyl (C=O) groups is 1. The molecule has 1 saturated heterocycles. The van der Waals surface area contributed by atoms with Crippen molar-refractivity contribution in [2.45, 2.75) is 26.4 Å². The van der Waals surface area contributed by atoms with E-state index < -0.39 is 0 Å². The van der Waals surface area contributed by atoms with Crippen molar-refractivity contribution in [1.29, 1.82) is 0 Å². The van der Waals surface area contributed by atoms with Crippen LogP contribution in [0.3, 0.4) is 0 Å². The lowest BCUT2D eigenvalue weighted by Gasteiger charge is -2.38. The number of hydrogen-bond donors (Lipinski definition) is 1. The van der Waals surface area contributed by atoms with Gasteiger partial charge in [0, 0.05) is 69.8 Å². The van der Waals surface area contributed by atoms with Gasteiger partial charge in [-0.25, -0.2) is 0 Å². The lowest BCUT2D eigenvalue weighted by molar-refractivity contribution is 0.0951. The molecule has 0 bridgehead atoms. The van der Waals surface area contributed by atoms with Crippen LogP contribution in [0, 0.1) is 0 Å². The van der Waals surface area contributed by atoms with Gasteiger partial charge in [-0.05, 0) is 55.8 Å². The van der Waals surface area contributed by atoms with Crippen molar-refractivity contribution in [3.05, 3.63) is 59.7 Å². The summed E-state index contributed by atoms with van der Waals surface area (Å²) in [6, 6.07) is 16.8. The number of hydrogen-bond acceptors (Lipinski definition) is 4. The molecule has 0 spiro atoms. The van der Waals surface area contributed by atoms with Crippen molar-refractivity contribution in [3.8, 4) is 0 Å². The normalized spacial score (nSPS) is 15.0. The molecule has 2 aromatic carbocycles. The molecule has 0 radical (unpaired) electrons. The lowest BCUT2D eigenvalue weighted by Crippen LogP contribution is -2.48. The first-order chi connectivity index (χ1) is 13.4. The summed E-state index contributed by atoms with van der Waals surface area (Å²) in [5.41, 5.74) is 4.12. The van der Waals surface area contributed by atoms with E-state index >= 15 is 0 Å². The van der Waals surface area contributed by atoms with Crippen LogP contribution in [0.2, 0.25) is 0 Å². The Morgan fingerprint density at radius 1 is 1.04 bits per heavy atom. The van der Waals surface area contributed by atoms with Crippen LogP contribution < -0.4 is 15.1 Å². The van der Waals surface area contributed by atoms with Gasteiger partial charge >= 0.3 is 0 Å². The summed E-state index contributed by atoms with van der Waals surface area (Å²) >= 11 is 0. The predicted octanol–water partition coefficient (Wildman–Crippen LogP) is 3.21. The fourth-order valence-corrected chi connectivity index (χ4v) is 3.55. The first kappa shape index (κ1) is 20.2. The molecule has 0 unspecified atom stereocenters. The summed E-state index contributed by atoms with van der Waals surface area (Å²) in [6.07, 6.45) is 0. The summed E-state index contributed by atoms with van der Waals surface area (Å²) in [4.78, 5) is 19.5. The monoisotopic (exact) mass is 380 g/mol. The highest BCUT2D eigenvalue weighted by Crippen LogP contribution is 2.18. The van der Waals surface area contributed by atoms with Gasteiger partial charge in [0.1, 0.15) is 0 Å². The van der Waals surface area contributed by atoms with Crippen LogP contribution in [0.15, 0.2) is 48.5 Å². The van der Waals surface area contributed by atoms with Crippen molar-refractivity contribution in [2.24, 2.45) is 0 Å². The first-order valence-electron chi connectivity index (χ1n) is 10.1. The van der Waals surface area contributed by atoms with Crippen LogP contribution in [0.4, 0.5) is 11.4 Å². The Morgan fingerprint density at radius 2 is 1.71 bits per heavy atom. The third kappa shape index (κ3) is 5.04. The largest absolute Gasteiger partial charge is 0.378 e. The molecule has 0 aromatic heterocycles. The third-order valence-electron chi connectivity index (χ3n) is 5.42. The van der Waals surface area contributed by atoms with Gasteiger partial charge in [0.2, 0.25) is 0 Å². The molecule has 5 nitrogen and oxygen atoms in total. The summed E-state index contributed by atoms with van der Waals surface area (Å²) in [5.74, 6) is -0.0357. The number of nitrogens with zero attached hydrogens (tertiary/aromatic N) is 3. The van der Waals surface area contributed by atoms with E-state index in [0.29, 0.717) is 18.2 Å². The molecular weight excluding hydrogens is 348 g/mol. The van der Waals surface area contributed by atoms with E-state index in [1.54, 1.807) is 0 Å². The van der Waals surface area contributed by atoms with Crippen LogP contribution >= 0.6 is 0 Å². The summed E-state index contributed by atoms with van der Waals surface area (Å²) in [6.45, 7) is 9.27. The van der Waals surface area contributed by atoms with E-state index in [-0.39, 0.29) is 5.91 Å². The maximum Gasteiger partial charge on any atom is 0.251 e.